The molecule has 4 heteroatoms. The Morgan fingerprint density at radius 2 is 2.00 bits per heavy atom. The fourth-order valence-corrected chi connectivity index (χ4v) is 2.89. The Bertz CT molecular complexity index is 740. The maximum Gasteiger partial charge on any atom is 0.210 e. The van der Waals surface area contributed by atoms with Crippen molar-refractivity contribution in [1.29, 1.82) is 0 Å². The van der Waals surface area contributed by atoms with E-state index in [4.69, 9.17) is 4.74 Å². The zero-order chi connectivity index (χ0) is 16.6. The van der Waals surface area contributed by atoms with Gasteiger partial charge >= 0.3 is 0 Å². The highest BCUT2D eigenvalue weighted by Gasteiger charge is 2.44. The molecule has 2 aromatic rings. The van der Waals surface area contributed by atoms with E-state index in [0.29, 0.717) is 5.75 Å². The van der Waals surface area contributed by atoms with Gasteiger partial charge < -0.3 is 14.9 Å². The second kappa shape index (κ2) is 5.80. The van der Waals surface area contributed by atoms with Crippen LogP contribution < -0.4 is 4.74 Å². The molecule has 2 N–H and O–H groups in total. The molecule has 0 spiro atoms. The van der Waals surface area contributed by atoms with Crippen LogP contribution in [0.3, 0.4) is 0 Å². The van der Waals surface area contributed by atoms with Crippen molar-refractivity contribution in [2.24, 2.45) is 0 Å². The van der Waals surface area contributed by atoms with Gasteiger partial charge in [-0.25, -0.2) is 0 Å². The smallest absolute Gasteiger partial charge is 0.210 e. The van der Waals surface area contributed by atoms with Gasteiger partial charge in [0, 0.05) is 23.5 Å². The highest BCUT2D eigenvalue weighted by Crippen LogP contribution is 2.47. The van der Waals surface area contributed by atoms with E-state index in [2.05, 4.69) is 4.98 Å². The van der Waals surface area contributed by atoms with E-state index in [-0.39, 0.29) is 0 Å². The molecule has 3 rings (SSSR count). The Hall–Kier alpha value is -2.17. The highest BCUT2D eigenvalue weighted by molar-refractivity contribution is 5.73. The fourth-order valence-electron chi connectivity index (χ4n) is 2.89. The third-order valence-corrected chi connectivity index (χ3v) is 4.49. The monoisotopic (exact) mass is 311 g/mol. The standard InChI is InChI=1S/C19H21NO3/c1-12(13(2)21)9-19(3)16-11-20-10-15(17(16)23-18(19)22)14-7-5-4-6-8-14/h4-11,13,18,21-22H,1-3H3/b12-9+. The van der Waals surface area contributed by atoms with Crippen LogP contribution in [0.4, 0.5) is 0 Å². The van der Waals surface area contributed by atoms with Crippen molar-refractivity contribution in [2.75, 3.05) is 0 Å². The van der Waals surface area contributed by atoms with Crippen molar-refractivity contribution in [3.8, 4) is 16.9 Å². The molecule has 3 unspecified atom stereocenters. The van der Waals surface area contributed by atoms with Crippen molar-refractivity contribution in [1.82, 2.24) is 4.98 Å². The van der Waals surface area contributed by atoms with Crippen molar-refractivity contribution in [3.63, 3.8) is 0 Å². The van der Waals surface area contributed by atoms with Crippen molar-refractivity contribution >= 4 is 0 Å². The second-order valence-corrected chi connectivity index (χ2v) is 6.25. The third-order valence-electron chi connectivity index (χ3n) is 4.49. The molecule has 0 amide bonds. The summed E-state index contributed by atoms with van der Waals surface area (Å²) >= 11 is 0. The number of fused-ring (bicyclic) bond motifs is 1. The number of ether oxygens (including phenoxy) is 1. The van der Waals surface area contributed by atoms with E-state index in [1.54, 1.807) is 19.3 Å². The summed E-state index contributed by atoms with van der Waals surface area (Å²) in [5.41, 5.74) is 2.71. The molecule has 120 valence electrons. The summed E-state index contributed by atoms with van der Waals surface area (Å²) in [6, 6.07) is 9.83. The van der Waals surface area contributed by atoms with Crippen LogP contribution in [0.5, 0.6) is 5.75 Å². The molecule has 4 nitrogen and oxygen atoms in total. The highest BCUT2D eigenvalue weighted by atomic mass is 16.6. The maximum atomic E-state index is 10.5. The average molecular weight is 311 g/mol. The molecule has 1 aliphatic rings. The number of rotatable bonds is 3. The molecule has 0 saturated heterocycles. The van der Waals surface area contributed by atoms with E-state index >= 15 is 0 Å². The summed E-state index contributed by atoms with van der Waals surface area (Å²) in [6.07, 6.45) is 3.75. The Morgan fingerprint density at radius 1 is 1.30 bits per heavy atom. The first-order chi connectivity index (χ1) is 10.9. The van der Waals surface area contributed by atoms with E-state index in [1.165, 1.54) is 0 Å². The van der Waals surface area contributed by atoms with Crippen molar-refractivity contribution in [2.45, 2.75) is 38.6 Å². The molecule has 1 aromatic heterocycles. The van der Waals surface area contributed by atoms with E-state index < -0.39 is 17.8 Å². The van der Waals surface area contributed by atoms with Gasteiger partial charge in [-0.2, -0.15) is 0 Å². The lowest BCUT2D eigenvalue weighted by molar-refractivity contribution is -0.0362. The summed E-state index contributed by atoms with van der Waals surface area (Å²) in [5.74, 6) is 0.649. The van der Waals surface area contributed by atoms with Gasteiger partial charge in [-0.05, 0) is 31.9 Å². The van der Waals surface area contributed by atoms with Gasteiger partial charge in [-0.3, -0.25) is 4.98 Å². The van der Waals surface area contributed by atoms with E-state index in [9.17, 15) is 10.2 Å². The molecule has 1 aromatic carbocycles. The van der Waals surface area contributed by atoms with Crippen LogP contribution in [-0.2, 0) is 5.41 Å². The van der Waals surface area contributed by atoms with Crippen LogP contribution in [-0.4, -0.2) is 27.6 Å². The Morgan fingerprint density at radius 3 is 2.65 bits per heavy atom. The van der Waals surface area contributed by atoms with Crippen molar-refractivity contribution < 1.29 is 14.9 Å². The molecular weight excluding hydrogens is 290 g/mol. The van der Waals surface area contributed by atoms with Gasteiger partial charge in [-0.15, -0.1) is 0 Å². The largest absolute Gasteiger partial charge is 0.463 e. The number of hydrogen-bond acceptors (Lipinski definition) is 4. The average Bonchev–Trinajstić information content (AvgIpc) is 2.79. The minimum absolute atomic E-state index is 0.576. The first kappa shape index (κ1) is 15.7. The zero-order valence-corrected chi connectivity index (χ0v) is 13.5. The molecule has 0 bridgehead atoms. The van der Waals surface area contributed by atoms with Crippen LogP contribution in [0.2, 0.25) is 0 Å². The topological polar surface area (TPSA) is 62.6 Å². The zero-order valence-electron chi connectivity index (χ0n) is 13.5. The predicted molar refractivity (Wildman–Crippen MR) is 89.1 cm³/mol. The minimum atomic E-state index is -1.02. The van der Waals surface area contributed by atoms with Gasteiger partial charge in [0.25, 0.3) is 0 Å². The van der Waals surface area contributed by atoms with Gasteiger partial charge in [0.1, 0.15) is 5.75 Å². The Kier molecular flexibility index (Phi) is 3.96. The summed E-state index contributed by atoms with van der Waals surface area (Å²) in [6.45, 7) is 5.44. The molecule has 1 aliphatic heterocycles. The number of nitrogens with zero attached hydrogens (tertiary/aromatic N) is 1. The molecule has 3 atom stereocenters. The van der Waals surface area contributed by atoms with Gasteiger partial charge in [0.2, 0.25) is 6.29 Å². The predicted octanol–water partition coefficient (Wildman–Crippen LogP) is 3.04. The van der Waals surface area contributed by atoms with Crippen LogP contribution in [0.25, 0.3) is 11.1 Å². The first-order valence-corrected chi connectivity index (χ1v) is 7.69. The molecule has 23 heavy (non-hydrogen) atoms. The second-order valence-electron chi connectivity index (χ2n) is 6.25. The molecule has 0 radical (unpaired) electrons. The fraction of sp³-hybridized carbons (Fsp3) is 0.316. The summed E-state index contributed by atoms with van der Waals surface area (Å²) in [5, 5.41) is 20.3. The van der Waals surface area contributed by atoms with Gasteiger partial charge in [0.05, 0.1) is 11.5 Å². The number of aromatic nitrogens is 1. The van der Waals surface area contributed by atoms with E-state index in [1.807, 2.05) is 50.3 Å². The molecule has 0 fully saturated rings. The Labute approximate surface area is 136 Å². The van der Waals surface area contributed by atoms with Crippen LogP contribution in [0, 0.1) is 0 Å². The summed E-state index contributed by atoms with van der Waals surface area (Å²) < 4.78 is 5.78. The molecular formula is C19H21NO3. The lowest BCUT2D eigenvalue weighted by Gasteiger charge is -2.24. The summed E-state index contributed by atoms with van der Waals surface area (Å²) in [7, 11) is 0. The summed E-state index contributed by atoms with van der Waals surface area (Å²) in [4.78, 5) is 4.33. The maximum absolute atomic E-state index is 10.5. The minimum Gasteiger partial charge on any atom is -0.463 e. The lowest BCUT2D eigenvalue weighted by Crippen LogP contribution is -2.33. The van der Waals surface area contributed by atoms with Gasteiger partial charge in [0.15, 0.2) is 0 Å². The van der Waals surface area contributed by atoms with Gasteiger partial charge in [-0.1, -0.05) is 36.4 Å². The number of benzene rings is 1. The number of hydrogen-bond donors (Lipinski definition) is 2. The molecule has 0 saturated carbocycles. The van der Waals surface area contributed by atoms with Crippen LogP contribution in [0.15, 0.2) is 54.4 Å². The quantitative estimate of drug-likeness (QED) is 0.855. The molecule has 0 aliphatic carbocycles. The van der Waals surface area contributed by atoms with E-state index in [0.717, 1.165) is 22.3 Å². The first-order valence-electron chi connectivity index (χ1n) is 7.69. The van der Waals surface area contributed by atoms with Crippen molar-refractivity contribution in [3.05, 3.63) is 59.9 Å². The Balaban J connectivity index is 2.14. The number of pyridine rings is 1. The number of aliphatic hydroxyl groups is 2. The normalized spacial score (nSPS) is 24.9. The molecule has 2 heterocycles. The van der Waals surface area contributed by atoms with Crippen LogP contribution >= 0.6 is 0 Å². The number of aliphatic hydroxyl groups excluding tert-OH is 2. The third kappa shape index (κ3) is 2.64. The van der Waals surface area contributed by atoms with Crippen LogP contribution in [0.1, 0.15) is 26.3 Å². The lowest BCUT2D eigenvalue weighted by atomic mass is 9.81. The SMILES string of the molecule is C/C(=C\C1(C)c2cncc(-c3ccccc3)c2OC1O)C(C)O.